The van der Waals surface area contributed by atoms with Crippen molar-refractivity contribution in [1.29, 1.82) is 0 Å². The van der Waals surface area contributed by atoms with E-state index >= 15 is 0 Å². The van der Waals surface area contributed by atoms with E-state index in [9.17, 15) is 0 Å². The smallest absolute Gasteiger partial charge is 0.112 e. The Labute approximate surface area is 239 Å². The predicted molar refractivity (Wildman–Crippen MR) is 177 cm³/mol. The Morgan fingerprint density at radius 1 is 0.725 bits per heavy atom. The van der Waals surface area contributed by atoms with E-state index in [1.165, 1.54) is 17.5 Å². The molecule has 0 atom stereocenters. The number of nitrogens with two attached hydrogens (primary N) is 4. The van der Waals surface area contributed by atoms with E-state index in [0.29, 0.717) is 40.5 Å². The highest BCUT2D eigenvalue weighted by Crippen LogP contribution is 2.48. The maximum Gasteiger partial charge on any atom is 0.112 e. The van der Waals surface area contributed by atoms with Crippen LogP contribution in [0.1, 0.15) is 70.6 Å². The van der Waals surface area contributed by atoms with Gasteiger partial charge in [0.2, 0.25) is 0 Å². The van der Waals surface area contributed by atoms with E-state index in [-0.39, 0.29) is 5.92 Å². The summed E-state index contributed by atoms with van der Waals surface area (Å²) >= 11 is 0. The van der Waals surface area contributed by atoms with Crippen LogP contribution in [0.25, 0.3) is 11.1 Å². The number of nitrogens with one attached hydrogen (secondary N) is 1. The molecule has 0 bridgehead atoms. The van der Waals surface area contributed by atoms with E-state index in [1.54, 1.807) is 0 Å². The summed E-state index contributed by atoms with van der Waals surface area (Å²) in [6, 6.07) is 24.2. The quantitative estimate of drug-likeness (QED) is 0.167. The molecule has 9 N–H and O–H groups in total. The SMILES string of the molecule is CC.CC(C)c1c(N)c(N)c(Nc2ccc(N)cc2)c(N=C2Cc3ccccc3-c3ccccc32)c1N.CCC. The summed E-state index contributed by atoms with van der Waals surface area (Å²) in [7, 11) is 0. The molecule has 1 aliphatic carbocycles. The average Bonchev–Trinajstić information content (AvgIpc) is 2.96. The third-order valence-electron chi connectivity index (χ3n) is 6.54. The highest BCUT2D eigenvalue weighted by atomic mass is 15.0. The second-order valence-corrected chi connectivity index (χ2v) is 9.93. The summed E-state index contributed by atoms with van der Waals surface area (Å²) in [5.74, 6) is 0.0844. The van der Waals surface area contributed by atoms with Crippen LogP contribution in [0.5, 0.6) is 0 Å². The molecule has 0 fully saturated rings. The number of benzene rings is 4. The summed E-state index contributed by atoms with van der Waals surface area (Å²) < 4.78 is 0. The van der Waals surface area contributed by atoms with E-state index in [0.717, 1.165) is 28.1 Å². The summed E-state index contributed by atoms with van der Waals surface area (Å²) in [6.45, 7) is 12.4. The Kier molecular flexibility index (Phi) is 10.2. The molecule has 0 amide bonds. The molecular formula is C34H44N6. The molecule has 210 valence electrons. The van der Waals surface area contributed by atoms with Crippen LogP contribution in [0, 0.1) is 0 Å². The van der Waals surface area contributed by atoms with Gasteiger partial charge in [0, 0.05) is 28.9 Å². The van der Waals surface area contributed by atoms with Gasteiger partial charge in [0.1, 0.15) is 5.69 Å². The molecule has 6 nitrogen and oxygen atoms in total. The Morgan fingerprint density at radius 2 is 1.27 bits per heavy atom. The predicted octanol–water partition coefficient (Wildman–Crippen LogP) is 8.67. The van der Waals surface area contributed by atoms with Crippen molar-refractivity contribution in [1.82, 2.24) is 0 Å². The highest BCUT2D eigenvalue weighted by Gasteiger charge is 2.25. The molecule has 4 aromatic carbocycles. The van der Waals surface area contributed by atoms with E-state index < -0.39 is 0 Å². The minimum atomic E-state index is 0.0844. The number of nitrogens with zero attached hydrogens (tertiary/aromatic N) is 1. The Balaban J connectivity index is 0.000000827. The largest absolute Gasteiger partial charge is 0.399 e. The number of hydrogen-bond acceptors (Lipinski definition) is 6. The van der Waals surface area contributed by atoms with Crippen LogP contribution in [-0.2, 0) is 6.42 Å². The minimum Gasteiger partial charge on any atom is -0.399 e. The van der Waals surface area contributed by atoms with Gasteiger partial charge >= 0.3 is 0 Å². The molecule has 0 spiro atoms. The number of nitrogen functional groups attached to an aromatic ring is 4. The number of fused-ring (bicyclic) bond motifs is 3. The van der Waals surface area contributed by atoms with E-state index in [2.05, 4.69) is 75.5 Å². The van der Waals surface area contributed by atoms with Crippen LogP contribution >= 0.6 is 0 Å². The number of rotatable bonds is 4. The molecule has 0 unspecified atom stereocenters. The van der Waals surface area contributed by atoms with Gasteiger partial charge in [0.25, 0.3) is 0 Å². The Morgan fingerprint density at radius 3 is 1.88 bits per heavy atom. The lowest BCUT2D eigenvalue weighted by Gasteiger charge is -2.25. The fraction of sp³-hybridized carbons (Fsp3) is 0.265. The zero-order chi connectivity index (χ0) is 29.4. The molecule has 6 heteroatoms. The maximum absolute atomic E-state index is 6.76. The first-order chi connectivity index (χ1) is 19.3. The first-order valence-electron chi connectivity index (χ1n) is 14.1. The van der Waals surface area contributed by atoms with Gasteiger partial charge in [-0.3, -0.25) is 0 Å². The minimum absolute atomic E-state index is 0.0844. The maximum atomic E-state index is 6.76. The molecule has 1 aliphatic rings. The van der Waals surface area contributed by atoms with Crippen LogP contribution in [0.2, 0.25) is 0 Å². The highest BCUT2D eigenvalue weighted by molar-refractivity contribution is 6.13. The molecule has 5 rings (SSSR count). The first kappa shape index (κ1) is 30.1. The fourth-order valence-corrected chi connectivity index (χ4v) is 4.81. The third-order valence-corrected chi connectivity index (χ3v) is 6.54. The zero-order valence-electron chi connectivity index (χ0n) is 24.7. The number of hydrogen-bond donors (Lipinski definition) is 5. The van der Waals surface area contributed by atoms with Gasteiger partial charge in [0.05, 0.1) is 28.5 Å². The monoisotopic (exact) mass is 536 g/mol. The molecular weight excluding hydrogens is 492 g/mol. The van der Waals surface area contributed by atoms with Crippen molar-refractivity contribution in [2.24, 2.45) is 4.99 Å². The van der Waals surface area contributed by atoms with Crippen molar-refractivity contribution >= 4 is 45.5 Å². The van der Waals surface area contributed by atoms with Gasteiger partial charge in [-0.15, -0.1) is 0 Å². The molecule has 40 heavy (non-hydrogen) atoms. The van der Waals surface area contributed by atoms with Crippen LogP contribution in [0.4, 0.5) is 39.8 Å². The molecule has 4 aromatic rings. The zero-order valence-corrected chi connectivity index (χ0v) is 24.7. The second kappa shape index (κ2) is 13.6. The third kappa shape index (κ3) is 6.23. The summed E-state index contributed by atoms with van der Waals surface area (Å²) in [4.78, 5) is 5.19. The van der Waals surface area contributed by atoms with Crippen molar-refractivity contribution in [2.75, 3.05) is 28.3 Å². The van der Waals surface area contributed by atoms with E-state index in [1.807, 2.05) is 44.2 Å². The first-order valence-corrected chi connectivity index (χ1v) is 14.1. The van der Waals surface area contributed by atoms with Crippen LogP contribution < -0.4 is 28.3 Å². The van der Waals surface area contributed by atoms with Crippen molar-refractivity contribution in [3.8, 4) is 11.1 Å². The topological polar surface area (TPSA) is 128 Å². The van der Waals surface area contributed by atoms with Crippen molar-refractivity contribution in [3.05, 3.63) is 89.5 Å². The van der Waals surface area contributed by atoms with Gasteiger partial charge in [-0.1, -0.05) is 96.5 Å². The Bertz CT molecular complexity index is 1470. The van der Waals surface area contributed by atoms with Gasteiger partial charge in [-0.2, -0.15) is 0 Å². The van der Waals surface area contributed by atoms with Crippen LogP contribution in [0.3, 0.4) is 0 Å². The van der Waals surface area contributed by atoms with Gasteiger partial charge in [-0.05, 0) is 46.9 Å². The lowest BCUT2D eigenvalue weighted by Crippen LogP contribution is -2.14. The second-order valence-electron chi connectivity index (χ2n) is 9.93. The number of anilines is 6. The summed E-state index contributed by atoms with van der Waals surface area (Å²) in [5, 5.41) is 3.40. The van der Waals surface area contributed by atoms with Gasteiger partial charge in [0.15, 0.2) is 0 Å². The lowest BCUT2D eigenvalue weighted by atomic mass is 9.84. The lowest BCUT2D eigenvalue weighted by molar-refractivity contribution is 0.874. The molecule has 0 heterocycles. The van der Waals surface area contributed by atoms with Gasteiger partial charge < -0.3 is 28.3 Å². The molecule has 0 aromatic heterocycles. The van der Waals surface area contributed by atoms with Crippen molar-refractivity contribution in [2.45, 2.75) is 60.3 Å². The van der Waals surface area contributed by atoms with E-state index in [4.69, 9.17) is 27.9 Å². The van der Waals surface area contributed by atoms with Crippen LogP contribution in [0.15, 0.2) is 77.8 Å². The molecule has 0 radical (unpaired) electrons. The van der Waals surface area contributed by atoms with Gasteiger partial charge in [-0.25, -0.2) is 4.99 Å². The van der Waals surface area contributed by atoms with Crippen molar-refractivity contribution < 1.29 is 0 Å². The average molecular weight is 537 g/mol. The summed E-state index contributed by atoms with van der Waals surface area (Å²) in [6.07, 6.45) is 1.94. The number of aliphatic imine (C=N–C) groups is 1. The van der Waals surface area contributed by atoms with Crippen LogP contribution in [-0.4, -0.2) is 5.71 Å². The molecule has 0 saturated heterocycles. The molecule has 0 aliphatic heterocycles. The van der Waals surface area contributed by atoms with Crippen molar-refractivity contribution in [3.63, 3.8) is 0 Å². The standard InChI is InChI=1S/C29H30N6.C3H8.C2H6/c1-16(2)24-25(31)27(33)29(34-19-13-11-18(30)12-14-19)28(26(24)32)35-23-15-17-7-3-4-8-20(17)21-9-5-6-10-22(21)23;1-3-2;1-2/h3-14,16,34H,15,30-33H2,1-2H3;3H2,1-2H3;1-2H3. The normalized spacial score (nSPS) is 12.4. The summed E-state index contributed by atoms with van der Waals surface area (Å²) in [5.41, 5.74) is 36.3. The Hall–Kier alpha value is -4.45. The fourth-order valence-electron chi connectivity index (χ4n) is 4.81. The molecule has 0 saturated carbocycles.